The second-order valence-electron chi connectivity index (χ2n) is 4.23. The number of hydrogen-bond donors (Lipinski definition) is 1. The van der Waals surface area contributed by atoms with Crippen LogP contribution in [-0.4, -0.2) is 22.2 Å². The molecule has 1 heterocycles. The lowest BCUT2D eigenvalue weighted by molar-refractivity contribution is -0.120. The summed E-state index contributed by atoms with van der Waals surface area (Å²) in [7, 11) is 0. The SMILES string of the molecule is CC/C=C/CC(=O)NCC(C)n1cc(C)cn1. The number of aryl methyl sites for hydroxylation is 1. The quantitative estimate of drug-likeness (QED) is 0.768. The van der Waals surface area contributed by atoms with Crippen molar-refractivity contribution < 1.29 is 4.79 Å². The Bertz CT molecular complexity index is 382. The third kappa shape index (κ3) is 4.85. The van der Waals surface area contributed by atoms with Crippen molar-refractivity contribution in [3.63, 3.8) is 0 Å². The summed E-state index contributed by atoms with van der Waals surface area (Å²) in [6.07, 6.45) is 9.13. The fourth-order valence-corrected chi connectivity index (χ4v) is 1.46. The van der Waals surface area contributed by atoms with Crippen LogP contribution in [0.1, 0.15) is 38.3 Å². The number of hydrogen-bond acceptors (Lipinski definition) is 2. The molecule has 0 saturated carbocycles. The Balaban J connectivity index is 2.30. The highest BCUT2D eigenvalue weighted by atomic mass is 16.1. The van der Waals surface area contributed by atoms with Gasteiger partial charge in [-0.05, 0) is 25.8 Å². The maximum Gasteiger partial charge on any atom is 0.223 e. The van der Waals surface area contributed by atoms with E-state index in [1.807, 2.05) is 43.1 Å². The molecular formula is C13H21N3O. The van der Waals surface area contributed by atoms with E-state index in [2.05, 4.69) is 17.3 Å². The van der Waals surface area contributed by atoms with E-state index in [1.54, 1.807) is 0 Å². The zero-order valence-corrected chi connectivity index (χ0v) is 10.8. The third-order valence-corrected chi connectivity index (χ3v) is 2.48. The zero-order chi connectivity index (χ0) is 12.7. The van der Waals surface area contributed by atoms with Gasteiger partial charge in [0.15, 0.2) is 0 Å². The third-order valence-electron chi connectivity index (χ3n) is 2.48. The van der Waals surface area contributed by atoms with Crippen LogP contribution in [0.15, 0.2) is 24.5 Å². The summed E-state index contributed by atoms with van der Waals surface area (Å²) in [5.41, 5.74) is 1.13. The first-order valence-electron chi connectivity index (χ1n) is 6.06. The van der Waals surface area contributed by atoms with Crippen molar-refractivity contribution in [2.24, 2.45) is 0 Å². The average molecular weight is 235 g/mol. The highest BCUT2D eigenvalue weighted by molar-refractivity contribution is 5.77. The number of carbonyl (C=O) groups is 1. The normalized spacial score (nSPS) is 12.9. The number of nitrogens with one attached hydrogen (secondary N) is 1. The predicted octanol–water partition coefficient (Wildman–Crippen LogP) is 2.23. The molecule has 1 rings (SSSR count). The van der Waals surface area contributed by atoms with Crippen LogP contribution in [0.5, 0.6) is 0 Å². The smallest absolute Gasteiger partial charge is 0.223 e. The molecule has 1 N–H and O–H groups in total. The Hall–Kier alpha value is -1.58. The van der Waals surface area contributed by atoms with Crippen molar-refractivity contribution >= 4 is 5.91 Å². The van der Waals surface area contributed by atoms with E-state index >= 15 is 0 Å². The molecule has 0 aromatic carbocycles. The summed E-state index contributed by atoms with van der Waals surface area (Å²) in [4.78, 5) is 11.5. The van der Waals surface area contributed by atoms with Gasteiger partial charge < -0.3 is 5.32 Å². The van der Waals surface area contributed by atoms with Gasteiger partial charge in [0.2, 0.25) is 5.91 Å². The standard InChI is InChI=1S/C13H21N3O/c1-4-5-6-7-13(17)14-9-12(3)16-10-11(2)8-15-16/h5-6,8,10,12H,4,7,9H2,1-3H3,(H,14,17)/b6-5+. The molecular weight excluding hydrogens is 214 g/mol. The van der Waals surface area contributed by atoms with Gasteiger partial charge in [-0.3, -0.25) is 9.48 Å². The first-order chi connectivity index (χ1) is 8.13. The Morgan fingerprint density at radius 3 is 2.94 bits per heavy atom. The van der Waals surface area contributed by atoms with E-state index in [1.165, 1.54) is 0 Å². The molecule has 0 saturated heterocycles. The van der Waals surface area contributed by atoms with Crippen LogP contribution < -0.4 is 5.32 Å². The summed E-state index contributed by atoms with van der Waals surface area (Å²) in [6, 6.07) is 0.183. The fraction of sp³-hybridized carbons (Fsp3) is 0.538. The monoisotopic (exact) mass is 235 g/mol. The van der Waals surface area contributed by atoms with E-state index in [9.17, 15) is 4.79 Å². The van der Waals surface area contributed by atoms with Crippen molar-refractivity contribution in [1.82, 2.24) is 15.1 Å². The summed E-state index contributed by atoms with van der Waals surface area (Å²) in [5, 5.41) is 7.12. The first kappa shape index (κ1) is 13.5. The van der Waals surface area contributed by atoms with Crippen LogP contribution in [0.4, 0.5) is 0 Å². The number of carbonyl (C=O) groups excluding carboxylic acids is 1. The largest absolute Gasteiger partial charge is 0.354 e. The molecule has 0 bridgehead atoms. The van der Waals surface area contributed by atoms with Crippen LogP contribution in [0, 0.1) is 6.92 Å². The van der Waals surface area contributed by atoms with Crippen LogP contribution in [0.25, 0.3) is 0 Å². The minimum absolute atomic E-state index is 0.0606. The van der Waals surface area contributed by atoms with Gasteiger partial charge in [-0.1, -0.05) is 19.1 Å². The second-order valence-corrected chi connectivity index (χ2v) is 4.23. The lowest BCUT2D eigenvalue weighted by Crippen LogP contribution is -2.29. The zero-order valence-electron chi connectivity index (χ0n) is 10.8. The Kier molecular flexibility index (Phi) is 5.46. The van der Waals surface area contributed by atoms with Gasteiger partial charge in [0.05, 0.1) is 12.2 Å². The molecule has 0 radical (unpaired) electrons. The lowest BCUT2D eigenvalue weighted by Gasteiger charge is -2.12. The van der Waals surface area contributed by atoms with Gasteiger partial charge in [0, 0.05) is 19.2 Å². The molecule has 1 atom stereocenters. The van der Waals surface area contributed by atoms with Crippen LogP contribution in [0.2, 0.25) is 0 Å². The van der Waals surface area contributed by atoms with E-state index in [0.717, 1.165) is 12.0 Å². The highest BCUT2D eigenvalue weighted by Crippen LogP contribution is 2.04. The van der Waals surface area contributed by atoms with Crippen LogP contribution in [-0.2, 0) is 4.79 Å². The molecule has 0 aliphatic rings. The minimum Gasteiger partial charge on any atom is -0.354 e. The van der Waals surface area contributed by atoms with Gasteiger partial charge in [-0.15, -0.1) is 0 Å². The van der Waals surface area contributed by atoms with Gasteiger partial charge in [0.25, 0.3) is 0 Å². The lowest BCUT2D eigenvalue weighted by atomic mass is 10.3. The first-order valence-corrected chi connectivity index (χ1v) is 6.06. The van der Waals surface area contributed by atoms with E-state index in [0.29, 0.717) is 13.0 Å². The number of allylic oxidation sites excluding steroid dienone is 1. The van der Waals surface area contributed by atoms with Gasteiger partial charge in [0.1, 0.15) is 0 Å². The summed E-state index contributed by atoms with van der Waals surface area (Å²) in [6.45, 7) is 6.70. The summed E-state index contributed by atoms with van der Waals surface area (Å²) < 4.78 is 1.87. The van der Waals surface area contributed by atoms with Crippen LogP contribution >= 0.6 is 0 Å². The van der Waals surface area contributed by atoms with Crippen molar-refractivity contribution in [2.45, 2.75) is 39.7 Å². The Morgan fingerprint density at radius 2 is 2.35 bits per heavy atom. The Morgan fingerprint density at radius 1 is 1.59 bits per heavy atom. The maximum atomic E-state index is 11.5. The molecule has 0 aliphatic heterocycles. The molecule has 0 aliphatic carbocycles. The molecule has 1 amide bonds. The summed E-state index contributed by atoms with van der Waals surface area (Å²) in [5.74, 6) is 0.0606. The molecule has 17 heavy (non-hydrogen) atoms. The molecule has 1 aromatic heterocycles. The molecule has 0 fully saturated rings. The highest BCUT2D eigenvalue weighted by Gasteiger charge is 2.06. The van der Waals surface area contributed by atoms with E-state index in [-0.39, 0.29) is 11.9 Å². The number of nitrogens with zero attached hydrogens (tertiary/aromatic N) is 2. The van der Waals surface area contributed by atoms with E-state index in [4.69, 9.17) is 0 Å². The van der Waals surface area contributed by atoms with Gasteiger partial charge in [-0.2, -0.15) is 5.10 Å². The molecule has 1 aromatic rings. The summed E-state index contributed by atoms with van der Waals surface area (Å²) >= 11 is 0. The minimum atomic E-state index is 0.0606. The molecule has 4 heteroatoms. The second kappa shape index (κ2) is 6.89. The molecule has 94 valence electrons. The van der Waals surface area contributed by atoms with Crippen molar-refractivity contribution in [1.29, 1.82) is 0 Å². The van der Waals surface area contributed by atoms with E-state index < -0.39 is 0 Å². The molecule has 4 nitrogen and oxygen atoms in total. The average Bonchev–Trinajstić information content (AvgIpc) is 2.73. The maximum absolute atomic E-state index is 11.5. The van der Waals surface area contributed by atoms with Crippen molar-refractivity contribution in [3.05, 3.63) is 30.1 Å². The topological polar surface area (TPSA) is 46.9 Å². The number of amides is 1. The van der Waals surface area contributed by atoms with Crippen molar-refractivity contribution in [3.8, 4) is 0 Å². The molecule has 1 unspecified atom stereocenters. The predicted molar refractivity (Wildman–Crippen MR) is 68.7 cm³/mol. The number of rotatable bonds is 6. The van der Waals surface area contributed by atoms with Gasteiger partial charge in [-0.25, -0.2) is 0 Å². The number of aromatic nitrogens is 2. The van der Waals surface area contributed by atoms with Crippen LogP contribution in [0.3, 0.4) is 0 Å². The fourth-order valence-electron chi connectivity index (χ4n) is 1.46. The Labute approximate surface area is 103 Å². The van der Waals surface area contributed by atoms with Gasteiger partial charge >= 0.3 is 0 Å². The van der Waals surface area contributed by atoms with Crippen molar-refractivity contribution in [2.75, 3.05) is 6.54 Å². The molecule has 0 spiro atoms.